The van der Waals surface area contributed by atoms with Gasteiger partial charge in [-0.15, -0.1) is 0 Å². The summed E-state index contributed by atoms with van der Waals surface area (Å²) in [4.78, 5) is 23.0. The Labute approximate surface area is 146 Å². The molecular formula is C17H23N5O3. The second-order valence-corrected chi connectivity index (χ2v) is 6.10. The van der Waals surface area contributed by atoms with Gasteiger partial charge in [-0.05, 0) is 18.6 Å². The maximum absolute atomic E-state index is 12.5. The van der Waals surface area contributed by atoms with Gasteiger partial charge in [0, 0.05) is 44.0 Å². The van der Waals surface area contributed by atoms with E-state index in [0.29, 0.717) is 38.3 Å². The molecule has 25 heavy (non-hydrogen) atoms. The van der Waals surface area contributed by atoms with E-state index in [-0.39, 0.29) is 19.1 Å². The Bertz CT molecular complexity index is 704. The summed E-state index contributed by atoms with van der Waals surface area (Å²) in [5.74, 6) is 0.749. The average molecular weight is 345 g/mol. The van der Waals surface area contributed by atoms with Gasteiger partial charge in [-0.25, -0.2) is 9.97 Å². The minimum absolute atomic E-state index is 0.0853. The number of hydrogen-bond acceptors (Lipinski definition) is 6. The van der Waals surface area contributed by atoms with Crippen molar-refractivity contribution in [2.75, 3.05) is 31.6 Å². The summed E-state index contributed by atoms with van der Waals surface area (Å²) in [6.45, 7) is 1.49. The molecule has 0 saturated carbocycles. The van der Waals surface area contributed by atoms with E-state index in [1.807, 2.05) is 34.0 Å². The fraction of sp³-hybridized carbons (Fsp3) is 0.471. The Morgan fingerprint density at radius 1 is 1.24 bits per heavy atom. The zero-order valence-electron chi connectivity index (χ0n) is 14.0. The highest BCUT2D eigenvalue weighted by atomic mass is 16.3. The number of anilines is 1. The third-order valence-electron chi connectivity index (χ3n) is 4.34. The molecule has 1 aliphatic heterocycles. The maximum atomic E-state index is 12.5. The van der Waals surface area contributed by atoms with Crippen LogP contribution in [0.25, 0.3) is 0 Å². The molecule has 0 fully saturated rings. The number of nitrogens with zero attached hydrogens (tertiary/aromatic N) is 4. The molecule has 8 nitrogen and oxygen atoms in total. The Balaban J connectivity index is 1.66. The number of amides is 1. The van der Waals surface area contributed by atoms with Crippen molar-refractivity contribution in [3.63, 3.8) is 0 Å². The Morgan fingerprint density at radius 2 is 2.00 bits per heavy atom. The molecule has 0 aromatic carbocycles. The SMILES string of the molecule is O=C(Cn1cccc1)N1CCc2ncnc(NCC(O)CO)c2CC1. The summed E-state index contributed by atoms with van der Waals surface area (Å²) in [5, 5.41) is 21.5. The Morgan fingerprint density at radius 3 is 2.76 bits per heavy atom. The van der Waals surface area contributed by atoms with Crippen LogP contribution in [-0.2, 0) is 24.2 Å². The van der Waals surface area contributed by atoms with Crippen LogP contribution >= 0.6 is 0 Å². The van der Waals surface area contributed by atoms with E-state index in [9.17, 15) is 9.90 Å². The molecule has 1 atom stereocenters. The predicted molar refractivity (Wildman–Crippen MR) is 92.0 cm³/mol. The van der Waals surface area contributed by atoms with Crippen LogP contribution in [0.1, 0.15) is 11.3 Å². The summed E-state index contributed by atoms with van der Waals surface area (Å²) in [5.41, 5.74) is 1.90. The van der Waals surface area contributed by atoms with Gasteiger partial charge in [0.25, 0.3) is 0 Å². The number of nitrogens with one attached hydrogen (secondary N) is 1. The first-order chi connectivity index (χ1) is 12.2. The van der Waals surface area contributed by atoms with Crippen molar-refractivity contribution >= 4 is 11.7 Å². The van der Waals surface area contributed by atoms with Crippen LogP contribution < -0.4 is 5.32 Å². The standard InChI is InChI=1S/C17H23N5O3/c23-11-13(24)9-18-17-14-3-7-22(8-4-15(14)19-12-20-17)16(25)10-21-5-1-2-6-21/h1-2,5-6,12-13,23-24H,3-4,7-11H2,(H,18,19,20). The third-order valence-corrected chi connectivity index (χ3v) is 4.34. The average Bonchev–Trinajstić information content (AvgIpc) is 3.03. The van der Waals surface area contributed by atoms with Gasteiger partial charge in [0.1, 0.15) is 18.7 Å². The Kier molecular flexibility index (Phi) is 5.62. The Hall–Kier alpha value is -2.45. The molecule has 1 unspecified atom stereocenters. The highest BCUT2D eigenvalue weighted by Gasteiger charge is 2.22. The van der Waals surface area contributed by atoms with Crippen molar-refractivity contribution < 1.29 is 15.0 Å². The van der Waals surface area contributed by atoms with Gasteiger partial charge in [-0.1, -0.05) is 0 Å². The van der Waals surface area contributed by atoms with Crippen LogP contribution in [0.2, 0.25) is 0 Å². The molecule has 3 N–H and O–H groups in total. The first-order valence-corrected chi connectivity index (χ1v) is 8.41. The minimum atomic E-state index is -0.837. The molecule has 3 heterocycles. The number of aliphatic hydroxyl groups excluding tert-OH is 2. The molecule has 1 amide bonds. The van der Waals surface area contributed by atoms with E-state index in [4.69, 9.17) is 5.11 Å². The summed E-state index contributed by atoms with van der Waals surface area (Å²) < 4.78 is 1.86. The predicted octanol–water partition coefficient (Wildman–Crippen LogP) is -0.329. The van der Waals surface area contributed by atoms with Crippen LogP contribution in [0, 0.1) is 0 Å². The summed E-state index contributed by atoms with van der Waals surface area (Å²) in [7, 11) is 0. The number of carbonyl (C=O) groups is 1. The first-order valence-electron chi connectivity index (χ1n) is 8.41. The minimum Gasteiger partial charge on any atom is -0.394 e. The number of carbonyl (C=O) groups excluding carboxylic acids is 1. The zero-order chi connectivity index (χ0) is 17.6. The molecule has 0 saturated heterocycles. The molecule has 1 aliphatic rings. The largest absolute Gasteiger partial charge is 0.394 e. The summed E-state index contributed by atoms with van der Waals surface area (Å²) in [6.07, 6.45) is 5.74. The van der Waals surface area contributed by atoms with E-state index in [2.05, 4.69) is 15.3 Å². The topological polar surface area (TPSA) is 104 Å². The molecule has 0 radical (unpaired) electrons. The highest BCUT2D eigenvalue weighted by molar-refractivity contribution is 5.76. The smallest absolute Gasteiger partial charge is 0.242 e. The van der Waals surface area contributed by atoms with Crippen molar-refractivity contribution in [3.8, 4) is 0 Å². The van der Waals surface area contributed by atoms with Crippen molar-refractivity contribution in [2.24, 2.45) is 0 Å². The fourth-order valence-corrected chi connectivity index (χ4v) is 2.94. The fourth-order valence-electron chi connectivity index (χ4n) is 2.94. The maximum Gasteiger partial charge on any atom is 0.242 e. The molecular weight excluding hydrogens is 322 g/mol. The van der Waals surface area contributed by atoms with Gasteiger partial charge in [0.05, 0.1) is 18.4 Å². The van der Waals surface area contributed by atoms with Crippen LogP contribution in [0.3, 0.4) is 0 Å². The van der Waals surface area contributed by atoms with Gasteiger partial charge in [0.15, 0.2) is 0 Å². The zero-order valence-corrected chi connectivity index (χ0v) is 14.0. The molecule has 2 aromatic rings. The van der Waals surface area contributed by atoms with Gasteiger partial charge in [-0.3, -0.25) is 4.79 Å². The molecule has 0 bridgehead atoms. The molecule has 3 rings (SSSR count). The van der Waals surface area contributed by atoms with Crippen molar-refractivity contribution in [1.82, 2.24) is 19.4 Å². The van der Waals surface area contributed by atoms with Crippen molar-refractivity contribution in [1.29, 1.82) is 0 Å². The summed E-state index contributed by atoms with van der Waals surface area (Å²) in [6, 6.07) is 3.81. The summed E-state index contributed by atoms with van der Waals surface area (Å²) >= 11 is 0. The number of aliphatic hydroxyl groups is 2. The lowest BCUT2D eigenvalue weighted by Gasteiger charge is -2.20. The van der Waals surface area contributed by atoms with E-state index in [1.165, 1.54) is 6.33 Å². The molecule has 0 aliphatic carbocycles. The normalized spacial score (nSPS) is 15.4. The highest BCUT2D eigenvalue weighted by Crippen LogP contribution is 2.20. The number of rotatable bonds is 6. The third kappa shape index (κ3) is 4.34. The molecule has 2 aromatic heterocycles. The molecule has 0 spiro atoms. The van der Waals surface area contributed by atoms with E-state index < -0.39 is 6.10 Å². The van der Waals surface area contributed by atoms with Gasteiger partial charge in [0.2, 0.25) is 5.91 Å². The lowest BCUT2D eigenvalue weighted by Crippen LogP contribution is -2.35. The number of aromatic nitrogens is 3. The van der Waals surface area contributed by atoms with Crippen LogP contribution in [0.15, 0.2) is 30.9 Å². The van der Waals surface area contributed by atoms with Crippen molar-refractivity contribution in [2.45, 2.75) is 25.5 Å². The number of hydrogen-bond donors (Lipinski definition) is 3. The van der Waals surface area contributed by atoms with Gasteiger partial charge < -0.3 is 25.0 Å². The molecule has 8 heteroatoms. The first kappa shape index (κ1) is 17.4. The quantitative estimate of drug-likeness (QED) is 0.662. The lowest BCUT2D eigenvalue weighted by atomic mass is 10.1. The van der Waals surface area contributed by atoms with Gasteiger partial charge >= 0.3 is 0 Å². The molecule has 134 valence electrons. The van der Waals surface area contributed by atoms with E-state index in [1.54, 1.807) is 0 Å². The van der Waals surface area contributed by atoms with E-state index in [0.717, 1.165) is 11.3 Å². The second-order valence-electron chi connectivity index (χ2n) is 6.10. The lowest BCUT2D eigenvalue weighted by molar-refractivity contribution is -0.131. The second kappa shape index (κ2) is 8.09. The van der Waals surface area contributed by atoms with Crippen LogP contribution in [0.5, 0.6) is 0 Å². The van der Waals surface area contributed by atoms with Crippen LogP contribution in [0.4, 0.5) is 5.82 Å². The van der Waals surface area contributed by atoms with Gasteiger partial charge in [-0.2, -0.15) is 0 Å². The monoisotopic (exact) mass is 345 g/mol. The van der Waals surface area contributed by atoms with Crippen molar-refractivity contribution in [3.05, 3.63) is 42.1 Å². The van der Waals surface area contributed by atoms with E-state index >= 15 is 0 Å². The van der Waals surface area contributed by atoms with Crippen LogP contribution in [-0.4, -0.2) is 67.9 Å². The number of fused-ring (bicyclic) bond motifs is 1.